The molecule has 11 heteroatoms. The van der Waals surface area contributed by atoms with Gasteiger partial charge in [0, 0.05) is 16.6 Å². The minimum atomic E-state index is -3.81. The molecule has 3 N–H and O–H groups in total. The molecule has 1 saturated carbocycles. The van der Waals surface area contributed by atoms with Crippen LogP contribution in [0.5, 0.6) is 0 Å². The molecule has 1 aliphatic carbocycles. The van der Waals surface area contributed by atoms with Crippen LogP contribution in [0.1, 0.15) is 23.2 Å². The van der Waals surface area contributed by atoms with Gasteiger partial charge in [-0.25, -0.2) is 13.1 Å². The number of hydrogen-bond donors (Lipinski definition) is 3. The number of halogens is 4. The zero-order valence-electron chi connectivity index (χ0n) is 13.5. The largest absolute Gasteiger partial charge is 0.295 e. The van der Waals surface area contributed by atoms with E-state index in [1.165, 1.54) is 30.3 Å². The van der Waals surface area contributed by atoms with E-state index in [1.807, 2.05) is 0 Å². The predicted octanol–water partition coefficient (Wildman–Crippen LogP) is 4.50. The average molecular weight is 469 g/mol. The molecule has 144 valence electrons. The summed E-state index contributed by atoms with van der Waals surface area (Å²) in [6.45, 7) is 0. The van der Waals surface area contributed by atoms with Gasteiger partial charge in [0.25, 0.3) is 5.91 Å². The van der Waals surface area contributed by atoms with E-state index in [9.17, 15) is 13.2 Å². The summed E-state index contributed by atoms with van der Waals surface area (Å²) in [5.74, 6) is -0.600. The van der Waals surface area contributed by atoms with Crippen molar-refractivity contribution in [2.45, 2.75) is 23.8 Å². The van der Waals surface area contributed by atoms with Gasteiger partial charge >= 0.3 is 0 Å². The minimum Gasteiger partial charge on any atom is -0.295 e. The van der Waals surface area contributed by atoms with Gasteiger partial charge in [-0.2, -0.15) is 0 Å². The second kappa shape index (κ2) is 8.03. The summed E-state index contributed by atoms with van der Waals surface area (Å²) in [7, 11) is -3.81. The maximum atomic E-state index is 12.4. The van der Waals surface area contributed by atoms with E-state index < -0.39 is 15.9 Å². The number of benzene rings is 2. The topological polar surface area (TPSA) is 87.3 Å². The third-order valence-corrected chi connectivity index (χ3v) is 6.51. The third kappa shape index (κ3) is 4.99. The lowest BCUT2D eigenvalue weighted by atomic mass is 10.2. The van der Waals surface area contributed by atoms with Crippen molar-refractivity contribution in [2.75, 3.05) is 5.43 Å². The Morgan fingerprint density at radius 2 is 1.59 bits per heavy atom. The first-order valence-corrected chi connectivity index (χ1v) is 10.7. The second-order valence-electron chi connectivity index (χ2n) is 5.86. The van der Waals surface area contributed by atoms with Gasteiger partial charge in [0.15, 0.2) is 0 Å². The van der Waals surface area contributed by atoms with Crippen LogP contribution in [0.4, 0.5) is 5.69 Å². The first-order valence-electron chi connectivity index (χ1n) is 7.70. The van der Waals surface area contributed by atoms with Crippen molar-refractivity contribution in [3.63, 3.8) is 0 Å². The third-order valence-electron chi connectivity index (χ3n) is 3.69. The Morgan fingerprint density at radius 1 is 0.963 bits per heavy atom. The SMILES string of the molecule is O=C(NNc1c(Cl)cc(Cl)cc1Cl)c1ccc(Cl)c(S(=O)(=O)NC2CC2)c1. The molecule has 1 amide bonds. The Labute approximate surface area is 176 Å². The van der Waals surface area contributed by atoms with Crippen LogP contribution in [-0.4, -0.2) is 20.4 Å². The lowest BCUT2D eigenvalue weighted by molar-refractivity contribution is 0.0962. The summed E-state index contributed by atoms with van der Waals surface area (Å²) in [5.41, 5.74) is 5.35. The smallest absolute Gasteiger partial charge is 0.269 e. The summed E-state index contributed by atoms with van der Waals surface area (Å²) in [4.78, 5) is 12.2. The molecule has 2 aromatic carbocycles. The van der Waals surface area contributed by atoms with Crippen LogP contribution in [0.2, 0.25) is 20.1 Å². The zero-order chi connectivity index (χ0) is 19.8. The first-order chi connectivity index (χ1) is 12.7. The molecule has 6 nitrogen and oxygen atoms in total. The maximum absolute atomic E-state index is 12.4. The van der Waals surface area contributed by atoms with Crippen molar-refractivity contribution >= 4 is 68.0 Å². The highest BCUT2D eigenvalue weighted by atomic mass is 35.5. The standard InChI is InChI=1S/C16H13Cl4N3O3S/c17-9-6-12(19)15(13(20)7-9)21-22-16(24)8-1-4-11(18)14(5-8)27(25,26)23-10-2-3-10/h1,4-7,10,21,23H,2-3H2,(H,22,24). The summed E-state index contributed by atoms with van der Waals surface area (Å²) in [6, 6.07) is 6.79. The summed E-state index contributed by atoms with van der Waals surface area (Å²) < 4.78 is 27.3. The Kier molecular flexibility index (Phi) is 6.10. The Bertz CT molecular complexity index is 987. The van der Waals surface area contributed by atoms with Gasteiger partial charge in [0.1, 0.15) is 4.90 Å². The minimum absolute atomic E-state index is 0.0245. The van der Waals surface area contributed by atoms with Crippen LogP contribution >= 0.6 is 46.4 Å². The molecule has 0 bridgehead atoms. The fourth-order valence-corrected chi connectivity index (χ4v) is 4.93. The molecule has 0 aliphatic heterocycles. The molecule has 0 spiro atoms. The van der Waals surface area contributed by atoms with Gasteiger partial charge < -0.3 is 0 Å². The normalized spacial score (nSPS) is 14.1. The highest BCUT2D eigenvalue weighted by Gasteiger charge is 2.29. The highest BCUT2D eigenvalue weighted by Crippen LogP contribution is 2.33. The Morgan fingerprint density at radius 3 is 2.19 bits per heavy atom. The average Bonchev–Trinajstić information content (AvgIpc) is 3.37. The lowest BCUT2D eigenvalue weighted by Gasteiger charge is -2.13. The molecule has 1 fully saturated rings. The van der Waals surface area contributed by atoms with Crippen molar-refractivity contribution < 1.29 is 13.2 Å². The van der Waals surface area contributed by atoms with E-state index in [0.717, 1.165) is 12.8 Å². The van der Waals surface area contributed by atoms with Crippen LogP contribution in [0, 0.1) is 0 Å². The maximum Gasteiger partial charge on any atom is 0.269 e. The number of amides is 1. The van der Waals surface area contributed by atoms with E-state index in [0.29, 0.717) is 5.02 Å². The van der Waals surface area contributed by atoms with Crippen molar-refractivity contribution in [3.05, 3.63) is 56.0 Å². The van der Waals surface area contributed by atoms with Crippen LogP contribution < -0.4 is 15.6 Å². The molecule has 0 saturated heterocycles. The summed E-state index contributed by atoms with van der Waals surface area (Å²) >= 11 is 23.9. The summed E-state index contributed by atoms with van der Waals surface area (Å²) in [5, 5.41) is 0.788. The van der Waals surface area contributed by atoms with Crippen molar-refractivity contribution in [1.29, 1.82) is 0 Å². The van der Waals surface area contributed by atoms with Gasteiger partial charge in [-0.15, -0.1) is 0 Å². The Hall–Kier alpha value is -1.22. The molecule has 3 rings (SSSR count). The van der Waals surface area contributed by atoms with Crippen LogP contribution in [0.15, 0.2) is 35.2 Å². The quantitative estimate of drug-likeness (QED) is 0.544. The van der Waals surface area contributed by atoms with E-state index in [2.05, 4.69) is 15.6 Å². The number of nitrogens with one attached hydrogen (secondary N) is 3. The number of hydrogen-bond acceptors (Lipinski definition) is 4. The van der Waals surface area contributed by atoms with Crippen molar-refractivity contribution in [3.8, 4) is 0 Å². The second-order valence-corrected chi connectivity index (χ2v) is 9.20. The number of sulfonamides is 1. The highest BCUT2D eigenvalue weighted by molar-refractivity contribution is 7.89. The van der Waals surface area contributed by atoms with E-state index in [4.69, 9.17) is 46.4 Å². The fraction of sp³-hybridized carbons (Fsp3) is 0.188. The zero-order valence-corrected chi connectivity index (χ0v) is 17.4. The van der Waals surface area contributed by atoms with Crippen LogP contribution in [0.25, 0.3) is 0 Å². The first kappa shape index (κ1) is 20.5. The molecule has 27 heavy (non-hydrogen) atoms. The molecule has 0 radical (unpaired) electrons. The van der Waals surface area contributed by atoms with Crippen LogP contribution in [0.3, 0.4) is 0 Å². The molecule has 0 atom stereocenters. The molecule has 0 unspecified atom stereocenters. The number of hydrazine groups is 1. The van der Waals surface area contributed by atoms with Gasteiger partial charge in [0.2, 0.25) is 10.0 Å². The van der Waals surface area contributed by atoms with Gasteiger partial charge in [-0.1, -0.05) is 46.4 Å². The van der Waals surface area contributed by atoms with E-state index in [-0.39, 0.29) is 37.3 Å². The lowest BCUT2D eigenvalue weighted by Crippen LogP contribution is -2.30. The van der Waals surface area contributed by atoms with Gasteiger partial charge in [0.05, 0.1) is 20.8 Å². The van der Waals surface area contributed by atoms with Gasteiger partial charge in [-0.3, -0.25) is 15.6 Å². The van der Waals surface area contributed by atoms with Crippen LogP contribution in [-0.2, 0) is 10.0 Å². The van der Waals surface area contributed by atoms with E-state index >= 15 is 0 Å². The van der Waals surface area contributed by atoms with E-state index in [1.54, 1.807) is 0 Å². The van der Waals surface area contributed by atoms with Crippen molar-refractivity contribution in [2.24, 2.45) is 0 Å². The molecule has 2 aromatic rings. The molecular weight excluding hydrogens is 456 g/mol. The fourth-order valence-electron chi connectivity index (χ4n) is 2.19. The number of anilines is 1. The monoisotopic (exact) mass is 467 g/mol. The molecular formula is C16H13Cl4N3O3S. The van der Waals surface area contributed by atoms with Crippen molar-refractivity contribution in [1.82, 2.24) is 10.1 Å². The predicted molar refractivity (Wildman–Crippen MR) is 107 cm³/mol. The number of carbonyl (C=O) groups is 1. The van der Waals surface area contributed by atoms with Gasteiger partial charge in [-0.05, 0) is 43.2 Å². The molecule has 1 aliphatic rings. The molecule has 0 aromatic heterocycles. The number of rotatable bonds is 6. The molecule has 0 heterocycles. The Balaban J connectivity index is 1.78. The number of carbonyl (C=O) groups excluding carboxylic acids is 1. The summed E-state index contributed by atoms with van der Waals surface area (Å²) in [6.07, 6.45) is 1.56.